The number of aliphatic hydroxyl groups is 1. The van der Waals surface area contributed by atoms with Gasteiger partial charge in [-0.15, -0.1) is 0 Å². The number of hydrogen-bond acceptors (Lipinski definition) is 5. The minimum absolute atomic E-state index is 0.0604. The van der Waals surface area contributed by atoms with Crippen LogP contribution >= 0.6 is 23.2 Å². The zero-order valence-electron chi connectivity index (χ0n) is 24.4. The SMILES string of the molecule is CC(=O)N1CCc2c(c(-c3ccc(Cl)cc3)nn2CC(O)CN2CCN(C(c3ccccc3)c3ccc(Cl)cc3)CC2)C1. The van der Waals surface area contributed by atoms with Crippen molar-refractivity contribution in [1.82, 2.24) is 24.5 Å². The van der Waals surface area contributed by atoms with Gasteiger partial charge in [-0.25, -0.2) is 0 Å². The molecule has 6 rings (SSSR count). The number of aliphatic hydroxyl groups excluding tert-OH is 1. The predicted octanol–water partition coefficient (Wildman–Crippen LogP) is 5.53. The Kier molecular flexibility index (Phi) is 9.17. The van der Waals surface area contributed by atoms with Crippen LogP contribution in [0, 0.1) is 0 Å². The number of aromatic nitrogens is 2. The van der Waals surface area contributed by atoms with Crippen LogP contribution in [0.15, 0.2) is 78.9 Å². The first-order chi connectivity index (χ1) is 20.9. The Morgan fingerprint density at radius 2 is 1.47 bits per heavy atom. The van der Waals surface area contributed by atoms with Gasteiger partial charge in [0.25, 0.3) is 0 Å². The zero-order chi connectivity index (χ0) is 29.9. The summed E-state index contributed by atoms with van der Waals surface area (Å²) in [7, 11) is 0. The Morgan fingerprint density at radius 3 is 2.12 bits per heavy atom. The van der Waals surface area contributed by atoms with Gasteiger partial charge in [0.1, 0.15) is 0 Å². The van der Waals surface area contributed by atoms with Crippen molar-refractivity contribution < 1.29 is 9.90 Å². The number of β-amino-alcohol motifs (C(OH)–C–C–N with tert-alkyl or cyclic N) is 1. The maximum Gasteiger partial charge on any atom is 0.219 e. The highest BCUT2D eigenvalue weighted by Gasteiger charge is 2.30. The van der Waals surface area contributed by atoms with Crippen molar-refractivity contribution in [3.8, 4) is 11.3 Å². The third kappa shape index (κ3) is 6.82. The summed E-state index contributed by atoms with van der Waals surface area (Å²) in [5.41, 5.74) is 6.46. The summed E-state index contributed by atoms with van der Waals surface area (Å²) < 4.78 is 1.96. The van der Waals surface area contributed by atoms with Crippen LogP contribution in [0.5, 0.6) is 0 Å². The second kappa shape index (κ2) is 13.2. The number of halogens is 2. The molecular weight excluding hydrogens is 581 g/mol. The summed E-state index contributed by atoms with van der Waals surface area (Å²) in [6.45, 7) is 7.31. The minimum atomic E-state index is -0.569. The molecule has 2 atom stereocenters. The maximum absolute atomic E-state index is 12.2. The van der Waals surface area contributed by atoms with Gasteiger partial charge >= 0.3 is 0 Å². The third-order valence-corrected chi connectivity index (χ3v) is 9.13. The molecule has 0 spiro atoms. The minimum Gasteiger partial charge on any atom is -0.390 e. The number of carbonyl (C=O) groups is 1. The summed E-state index contributed by atoms with van der Waals surface area (Å²) in [5.74, 6) is 0.0604. The van der Waals surface area contributed by atoms with Crippen LogP contribution in [-0.2, 0) is 24.3 Å². The lowest BCUT2D eigenvalue weighted by Crippen LogP contribution is -2.50. The first-order valence-corrected chi connectivity index (χ1v) is 15.7. The number of fused-ring (bicyclic) bond motifs is 1. The van der Waals surface area contributed by atoms with Crippen LogP contribution in [0.25, 0.3) is 11.3 Å². The van der Waals surface area contributed by atoms with Gasteiger partial charge in [-0.2, -0.15) is 5.10 Å². The average molecular weight is 619 g/mol. The van der Waals surface area contributed by atoms with Crippen molar-refractivity contribution in [2.45, 2.75) is 38.6 Å². The Morgan fingerprint density at radius 1 is 0.837 bits per heavy atom. The molecule has 1 N–H and O–H groups in total. The van der Waals surface area contributed by atoms with E-state index in [0.717, 1.165) is 53.7 Å². The monoisotopic (exact) mass is 617 g/mol. The number of hydrogen-bond donors (Lipinski definition) is 1. The topological polar surface area (TPSA) is 64.8 Å². The molecule has 2 aliphatic heterocycles. The molecule has 43 heavy (non-hydrogen) atoms. The van der Waals surface area contributed by atoms with Crippen molar-refractivity contribution in [3.05, 3.63) is 111 Å². The molecule has 224 valence electrons. The van der Waals surface area contributed by atoms with Gasteiger partial charge in [-0.3, -0.25) is 19.3 Å². The fourth-order valence-corrected chi connectivity index (χ4v) is 6.66. The van der Waals surface area contributed by atoms with E-state index in [4.69, 9.17) is 28.3 Å². The standard InChI is InChI=1S/C34H37Cl2N5O2/c1-24(42)40-16-15-32-31(23-40)33(25-7-11-28(35)12-8-25)37-41(32)22-30(43)21-38-17-19-39(20-18-38)34(26-5-3-2-4-6-26)27-9-13-29(36)14-10-27/h2-14,30,34,43H,15-23H2,1H3. The summed E-state index contributed by atoms with van der Waals surface area (Å²) >= 11 is 12.3. The summed E-state index contributed by atoms with van der Waals surface area (Å²) in [6, 6.07) is 26.6. The summed E-state index contributed by atoms with van der Waals surface area (Å²) in [5, 5.41) is 17.6. The van der Waals surface area contributed by atoms with Gasteiger partial charge in [0, 0.05) is 86.0 Å². The molecule has 0 bridgehead atoms. The van der Waals surface area contributed by atoms with E-state index < -0.39 is 6.10 Å². The molecule has 0 saturated carbocycles. The van der Waals surface area contributed by atoms with E-state index in [-0.39, 0.29) is 11.9 Å². The number of piperazine rings is 1. The summed E-state index contributed by atoms with van der Waals surface area (Å²) in [4.78, 5) is 18.9. The lowest BCUT2D eigenvalue weighted by Gasteiger charge is -2.40. The molecule has 2 unspecified atom stereocenters. The normalized spacial score (nSPS) is 17.4. The van der Waals surface area contributed by atoms with E-state index in [0.29, 0.717) is 37.6 Å². The number of rotatable bonds is 8. The van der Waals surface area contributed by atoms with E-state index in [1.165, 1.54) is 11.1 Å². The number of carbonyl (C=O) groups excluding carboxylic acids is 1. The highest BCUT2D eigenvalue weighted by Crippen LogP contribution is 2.32. The van der Waals surface area contributed by atoms with Crippen molar-refractivity contribution in [3.63, 3.8) is 0 Å². The van der Waals surface area contributed by atoms with E-state index in [1.807, 2.05) is 46.0 Å². The van der Waals surface area contributed by atoms with Crippen molar-refractivity contribution >= 4 is 29.1 Å². The Hall–Kier alpha value is -3.20. The lowest BCUT2D eigenvalue weighted by molar-refractivity contribution is -0.129. The molecular formula is C34H37Cl2N5O2. The van der Waals surface area contributed by atoms with E-state index in [9.17, 15) is 9.90 Å². The van der Waals surface area contributed by atoms with Crippen molar-refractivity contribution in [2.75, 3.05) is 39.3 Å². The van der Waals surface area contributed by atoms with Crippen LogP contribution < -0.4 is 0 Å². The number of nitrogens with zero attached hydrogens (tertiary/aromatic N) is 5. The van der Waals surface area contributed by atoms with Gasteiger partial charge in [0.2, 0.25) is 5.91 Å². The van der Waals surface area contributed by atoms with E-state index in [1.54, 1.807) is 6.92 Å². The first kappa shape index (κ1) is 29.9. The highest BCUT2D eigenvalue weighted by atomic mass is 35.5. The van der Waals surface area contributed by atoms with Crippen LogP contribution in [-0.4, -0.2) is 80.9 Å². The predicted molar refractivity (Wildman–Crippen MR) is 171 cm³/mol. The lowest BCUT2D eigenvalue weighted by atomic mass is 9.96. The average Bonchev–Trinajstić information content (AvgIpc) is 3.37. The van der Waals surface area contributed by atoms with Gasteiger partial charge in [-0.05, 0) is 35.4 Å². The van der Waals surface area contributed by atoms with Crippen LogP contribution in [0.4, 0.5) is 0 Å². The van der Waals surface area contributed by atoms with Crippen LogP contribution in [0.1, 0.15) is 35.3 Å². The molecule has 7 nitrogen and oxygen atoms in total. The van der Waals surface area contributed by atoms with Gasteiger partial charge in [-0.1, -0.05) is 77.8 Å². The van der Waals surface area contributed by atoms with E-state index in [2.05, 4.69) is 52.3 Å². The number of amides is 1. The Labute approximate surface area is 263 Å². The molecule has 0 aliphatic carbocycles. The van der Waals surface area contributed by atoms with Crippen molar-refractivity contribution in [1.29, 1.82) is 0 Å². The van der Waals surface area contributed by atoms with Crippen molar-refractivity contribution in [2.24, 2.45) is 0 Å². The molecule has 1 aromatic heterocycles. The molecule has 3 heterocycles. The molecule has 1 fully saturated rings. The molecule has 0 radical (unpaired) electrons. The second-order valence-corrected chi connectivity index (χ2v) is 12.4. The first-order valence-electron chi connectivity index (χ1n) is 14.9. The zero-order valence-corrected chi connectivity index (χ0v) is 25.9. The fourth-order valence-electron chi connectivity index (χ4n) is 6.40. The van der Waals surface area contributed by atoms with Crippen LogP contribution in [0.3, 0.4) is 0 Å². The quantitative estimate of drug-likeness (QED) is 0.282. The largest absolute Gasteiger partial charge is 0.390 e. The molecule has 1 saturated heterocycles. The smallest absolute Gasteiger partial charge is 0.219 e. The Bertz CT molecular complexity index is 1530. The van der Waals surface area contributed by atoms with Crippen LogP contribution in [0.2, 0.25) is 10.0 Å². The van der Waals surface area contributed by atoms with Gasteiger partial charge in [0.05, 0.1) is 24.4 Å². The molecule has 3 aromatic carbocycles. The molecule has 1 amide bonds. The van der Waals surface area contributed by atoms with E-state index >= 15 is 0 Å². The summed E-state index contributed by atoms with van der Waals surface area (Å²) in [6.07, 6.45) is 0.146. The molecule has 9 heteroatoms. The molecule has 2 aliphatic rings. The second-order valence-electron chi connectivity index (χ2n) is 11.5. The molecule has 4 aromatic rings. The fraction of sp³-hybridized carbons (Fsp3) is 0.353. The Balaban J connectivity index is 1.14. The third-order valence-electron chi connectivity index (χ3n) is 8.62. The van der Waals surface area contributed by atoms with Gasteiger partial charge in [0.15, 0.2) is 0 Å². The maximum atomic E-state index is 12.2. The highest BCUT2D eigenvalue weighted by molar-refractivity contribution is 6.30. The van der Waals surface area contributed by atoms with Gasteiger partial charge < -0.3 is 10.0 Å². The number of benzene rings is 3.